The Kier molecular flexibility index (Phi) is 4.79. The van der Waals surface area contributed by atoms with E-state index in [9.17, 15) is 14.4 Å². The van der Waals surface area contributed by atoms with Gasteiger partial charge in [0.25, 0.3) is 11.8 Å². The minimum Gasteiger partial charge on any atom is -0.445 e. The summed E-state index contributed by atoms with van der Waals surface area (Å²) in [5, 5.41) is 2.64. The van der Waals surface area contributed by atoms with E-state index in [4.69, 9.17) is 4.74 Å². The van der Waals surface area contributed by atoms with Gasteiger partial charge in [0.15, 0.2) is 0 Å². The Labute approximate surface area is 145 Å². The van der Waals surface area contributed by atoms with Crippen molar-refractivity contribution in [3.05, 3.63) is 71.3 Å². The van der Waals surface area contributed by atoms with Crippen LogP contribution in [0.25, 0.3) is 0 Å². The number of nitrogens with one attached hydrogen (secondary N) is 1. The van der Waals surface area contributed by atoms with E-state index in [0.29, 0.717) is 11.1 Å². The van der Waals surface area contributed by atoms with E-state index in [1.807, 2.05) is 30.3 Å². The number of hydrogen-bond donors (Lipinski definition) is 1. The molecule has 0 radical (unpaired) electrons. The maximum Gasteiger partial charge on any atom is 0.407 e. The second-order valence-electron chi connectivity index (χ2n) is 5.87. The zero-order chi connectivity index (χ0) is 17.8. The van der Waals surface area contributed by atoms with Crippen LogP contribution in [-0.2, 0) is 11.3 Å². The SMILES string of the molecule is C[C@H](CN1C(=O)c2ccccc2C1=O)NC(=O)OCc1ccccc1. The topological polar surface area (TPSA) is 75.7 Å². The van der Waals surface area contributed by atoms with Crippen LogP contribution in [0.5, 0.6) is 0 Å². The average molecular weight is 338 g/mol. The van der Waals surface area contributed by atoms with Gasteiger partial charge in [-0.25, -0.2) is 4.79 Å². The number of rotatable bonds is 5. The van der Waals surface area contributed by atoms with Crippen molar-refractivity contribution in [2.75, 3.05) is 6.54 Å². The molecule has 25 heavy (non-hydrogen) atoms. The Morgan fingerprint density at radius 3 is 2.16 bits per heavy atom. The molecule has 6 heteroatoms. The third-order valence-electron chi connectivity index (χ3n) is 3.91. The molecule has 3 amide bonds. The molecule has 0 aromatic heterocycles. The molecule has 2 aromatic carbocycles. The minimum absolute atomic E-state index is 0.0901. The first-order valence-electron chi connectivity index (χ1n) is 7.98. The van der Waals surface area contributed by atoms with Gasteiger partial charge in [0.2, 0.25) is 0 Å². The number of ether oxygens (including phenoxy) is 1. The quantitative estimate of drug-likeness (QED) is 0.850. The molecule has 6 nitrogen and oxygen atoms in total. The zero-order valence-corrected chi connectivity index (χ0v) is 13.8. The largest absolute Gasteiger partial charge is 0.445 e. The van der Waals surface area contributed by atoms with Crippen molar-refractivity contribution >= 4 is 17.9 Å². The van der Waals surface area contributed by atoms with Crippen LogP contribution in [0.1, 0.15) is 33.2 Å². The zero-order valence-electron chi connectivity index (χ0n) is 13.8. The van der Waals surface area contributed by atoms with Gasteiger partial charge in [-0.05, 0) is 24.6 Å². The molecule has 0 bridgehead atoms. The Balaban J connectivity index is 1.53. The molecule has 1 N–H and O–H groups in total. The highest BCUT2D eigenvalue weighted by Gasteiger charge is 2.35. The summed E-state index contributed by atoms with van der Waals surface area (Å²) in [5.41, 5.74) is 1.67. The highest BCUT2D eigenvalue weighted by atomic mass is 16.5. The van der Waals surface area contributed by atoms with Crippen molar-refractivity contribution in [3.63, 3.8) is 0 Å². The van der Waals surface area contributed by atoms with Gasteiger partial charge in [0, 0.05) is 12.6 Å². The highest BCUT2D eigenvalue weighted by Crippen LogP contribution is 2.22. The van der Waals surface area contributed by atoms with Crippen molar-refractivity contribution in [1.29, 1.82) is 0 Å². The van der Waals surface area contributed by atoms with E-state index in [1.165, 1.54) is 0 Å². The molecule has 1 aliphatic rings. The standard InChI is InChI=1S/C19H18N2O4/c1-13(20-19(24)25-12-14-7-3-2-4-8-14)11-21-17(22)15-9-5-6-10-16(15)18(21)23/h2-10,13H,11-12H2,1H3,(H,20,24)/t13-/m1/s1. The number of benzene rings is 2. The number of alkyl carbamates (subject to hydrolysis) is 1. The maximum atomic E-state index is 12.3. The van der Waals surface area contributed by atoms with Gasteiger partial charge in [0.05, 0.1) is 11.1 Å². The fourth-order valence-electron chi connectivity index (χ4n) is 2.69. The Morgan fingerprint density at radius 2 is 1.56 bits per heavy atom. The van der Waals surface area contributed by atoms with Gasteiger partial charge in [-0.1, -0.05) is 42.5 Å². The lowest BCUT2D eigenvalue weighted by atomic mass is 10.1. The van der Waals surface area contributed by atoms with E-state index < -0.39 is 12.1 Å². The van der Waals surface area contributed by atoms with Crippen LogP contribution < -0.4 is 5.32 Å². The van der Waals surface area contributed by atoms with Crippen molar-refractivity contribution in [2.24, 2.45) is 0 Å². The smallest absolute Gasteiger partial charge is 0.407 e. The second kappa shape index (κ2) is 7.17. The molecule has 0 unspecified atom stereocenters. The van der Waals surface area contributed by atoms with Crippen LogP contribution >= 0.6 is 0 Å². The summed E-state index contributed by atoms with van der Waals surface area (Å²) >= 11 is 0. The fraction of sp³-hybridized carbons (Fsp3) is 0.211. The van der Waals surface area contributed by atoms with Crippen LogP contribution in [0.4, 0.5) is 4.79 Å². The van der Waals surface area contributed by atoms with Crippen LogP contribution in [-0.4, -0.2) is 35.4 Å². The normalized spacial score (nSPS) is 14.2. The van der Waals surface area contributed by atoms with Crippen LogP contribution in [0, 0.1) is 0 Å². The monoisotopic (exact) mass is 338 g/mol. The number of carbonyl (C=O) groups excluding carboxylic acids is 3. The summed E-state index contributed by atoms with van der Waals surface area (Å²) < 4.78 is 5.14. The summed E-state index contributed by atoms with van der Waals surface area (Å²) in [4.78, 5) is 37.6. The lowest BCUT2D eigenvalue weighted by Gasteiger charge is -2.20. The first-order valence-corrected chi connectivity index (χ1v) is 7.98. The number of carbonyl (C=O) groups is 3. The van der Waals surface area contributed by atoms with E-state index >= 15 is 0 Å². The average Bonchev–Trinajstić information content (AvgIpc) is 2.86. The lowest BCUT2D eigenvalue weighted by Crippen LogP contribution is -2.44. The van der Waals surface area contributed by atoms with Crippen molar-refractivity contribution in [3.8, 4) is 0 Å². The molecule has 3 rings (SSSR count). The predicted molar refractivity (Wildman–Crippen MR) is 91.0 cm³/mol. The Bertz CT molecular complexity index is 769. The van der Waals surface area contributed by atoms with Gasteiger partial charge < -0.3 is 10.1 Å². The minimum atomic E-state index is -0.590. The van der Waals surface area contributed by atoms with Gasteiger partial charge in [0.1, 0.15) is 6.61 Å². The number of hydrogen-bond acceptors (Lipinski definition) is 4. The van der Waals surface area contributed by atoms with E-state index in [1.54, 1.807) is 31.2 Å². The van der Waals surface area contributed by atoms with Gasteiger partial charge in [-0.2, -0.15) is 0 Å². The Morgan fingerprint density at radius 1 is 1.00 bits per heavy atom. The molecule has 0 spiro atoms. The Hall–Kier alpha value is -3.15. The molecular weight excluding hydrogens is 320 g/mol. The molecule has 1 aliphatic heterocycles. The third-order valence-corrected chi connectivity index (χ3v) is 3.91. The highest BCUT2D eigenvalue weighted by molar-refractivity contribution is 6.21. The van der Waals surface area contributed by atoms with Crippen molar-refractivity contribution in [1.82, 2.24) is 10.2 Å². The van der Waals surface area contributed by atoms with Gasteiger partial charge in [-0.3, -0.25) is 14.5 Å². The number of fused-ring (bicyclic) bond motifs is 1. The molecule has 1 atom stereocenters. The number of nitrogens with zero attached hydrogens (tertiary/aromatic N) is 1. The second-order valence-corrected chi connectivity index (χ2v) is 5.87. The first-order chi connectivity index (χ1) is 12.1. The van der Waals surface area contributed by atoms with E-state index in [-0.39, 0.29) is 25.0 Å². The van der Waals surface area contributed by atoms with Crippen molar-refractivity contribution in [2.45, 2.75) is 19.6 Å². The molecule has 0 fully saturated rings. The first kappa shape index (κ1) is 16.7. The molecule has 0 aliphatic carbocycles. The fourth-order valence-corrected chi connectivity index (χ4v) is 2.69. The summed E-state index contributed by atoms with van der Waals surface area (Å²) in [6.45, 7) is 1.96. The predicted octanol–water partition coefficient (Wildman–Crippen LogP) is 2.60. The molecular formula is C19H18N2O4. The molecule has 128 valence electrons. The van der Waals surface area contributed by atoms with E-state index in [0.717, 1.165) is 10.5 Å². The molecule has 1 heterocycles. The number of amides is 3. The summed E-state index contributed by atoms with van der Waals surface area (Å²) in [5.74, 6) is -0.682. The summed E-state index contributed by atoms with van der Waals surface area (Å²) in [7, 11) is 0. The van der Waals surface area contributed by atoms with Gasteiger partial charge in [-0.15, -0.1) is 0 Å². The van der Waals surface area contributed by atoms with Gasteiger partial charge >= 0.3 is 6.09 Å². The summed E-state index contributed by atoms with van der Waals surface area (Å²) in [6.07, 6.45) is -0.590. The maximum absolute atomic E-state index is 12.3. The molecule has 0 saturated carbocycles. The molecule has 0 saturated heterocycles. The third kappa shape index (κ3) is 3.68. The lowest BCUT2D eigenvalue weighted by molar-refractivity contribution is 0.0635. The van der Waals surface area contributed by atoms with E-state index in [2.05, 4.69) is 5.32 Å². The molecule has 2 aromatic rings. The van der Waals surface area contributed by atoms with Crippen LogP contribution in [0.3, 0.4) is 0 Å². The number of imide groups is 1. The summed E-state index contributed by atoms with van der Waals surface area (Å²) in [6, 6.07) is 15.6. The van der Waals surface area contributed by atoms with Crippen LogP contribution in [0.15, 0.2) is 54.6 Å². The van der Waals surface area contributed by atoms with Crippen molar-refractivity contribution < 1.29 is 19.1 Å². The van der Waals surface area contributed by atoms with Crippen LogP contribution in [0.2, 0.25) is 0 Å².